The first kappa shape index (κ1) is 15.2. The number of nitrogens with two attached hydrogens (primary N) is 1. The summed E-state index contributed by atoms with van der Waals surface area (Å²) in [4.78, 5) is 0. The summed E-state index contributed by atoms with van der Waals surface area (Å²) in [6, 6.07) is 11.7. The van der Waals surface area contributed by atoms with Crippen LogP contribution in [0, 0.1) is 0 Å². The minimum atomic E-state index is -4.44. The van der Waals surface area contributed by atoms with E-state index >= 15 is 0 Å². The standard InChI is InChI=1S/C16H17F3N2/c1-2-11-5-3-4-6-12(11)10-21-13-7-8-15(20)14(9-13)16(17,18)19/h3-9,21H,2,10,20H2,1H3. The van der Waals surface area contributed by atoms with E-state index in [0.29, 0.717) is 12.2 Å². The Bertz CT molecular complexity index is 621. The van der Waals surface area contributed by atoms with E-state index in [1.807, 2.05) is 31.2 Å². The van der Waals surface area contributed by atoms with E-state index in [4.69, 9.17) is 5.73 Å². The number of nitrogen functional groups attached to an aromatic ring is 1. The molecule has 21 heavy (non-hydrogen) atoms. The Balaban J connectivity index is 2.17. The van der Waals surface area contributed by atoms with Gasteiger partial charge in [-0.1, -0.05) is 31.2 Å². The normalized spacial score (nSPS) is 11.4. The first-order chi connectivity index (χ1) is 9.91. The Hall–Kier alpha value is -2.17. The van der Waals surface area contributed by atoms with Crippen LogP contribution in [0.2, 0.25) is 0 Å². The van der Waals surface area contributed by atoms with Crippen molar-refractivity contribution in [2.45, 2.75) is 26.1 Å². The number of benzene rings is 2. The van der Waals surface area contributed by atoms with Crippen molar-refractivity contribution >= 4 is 11.4 Å². The van der Waals surface area contributed by atoms with Gasteiger partial charge in [0.1, 0.15) is 0 Å². The van der Waals surface area contributed by atoms with Gasteiger partial charge >= 0.3 is 6.18 Å². The first-order valence-corrected chi connectivity index (χ1v) is 6.69. The number of halogens is 3. The molecule has 3 N–H and O–H groups in total. The highest BCUT2D eigenvalue weighted by Crippen LogP contribution is 2.35. The number of aryl methyl sites for hydroxylation is 1. The number of nitrogens with one attached hydrogen (secondary N) is 1. The lowest BCUT2D eigenvalue weighted by molar-refractivity contribution is -0.136. The lowest BCUT2D eigenvalue weighted by Crippen LogP contribution is -2.10. The smallest absolute Gasteiger partial charge is 0.398 e. The van der Waals surface area contributed by atoms with Crippen molar-refractivity contribution in [1.82, 2.24) is 0 Å². The second-order valence-corrected chi connectivity index (χ2v) is 4.78. The summed E-state index contributed by atoms with van der Waals surface area (Å²) in [6.07, 6.45) is -3.56. The van der Waals surface area contributed by atoms with Crippen LogP contribution >= 0.6 is 0 Å². The topological polar surface area (TPSA) is 38.0 Å². The third-order valence-electron chi connectivity index (χ3n) is 3.34. The highest BCUT2D eigenvalue weighted by Gasteiger charge is 2.33. The van der Waals surface area contributed by atoms with Gasteiger partial charge in [-0.25, -0.2) is 0 Å². The molecule has 5 heteroatoms. The first-order valence-electron chi connectivity index (χ1n) is 6.69. The average molecular weight is 294 g/mol. The van der Waals surface area contributed by atoms with Gasteiger partial charge in [0.2, 0.25) is 0 Å². The number of alkyl halides is 3. The predicted molar refractivity (Wildman–Crippen MR) is 79.0 cm³/mol. The van der Waals surface area contributed by atoms with Crippen LogP contribution in [0.4, 0.5) is 24.5 Å². The molecule has 0 radical (unpaired) electrons. The number of hydrogen-bond donors (Lipinski definition) is 2. The molecule has 0 aliphatic rings. The van der Waals surface area contributed by atoms with Gasteiger partial charge in [0.15, 0.2) is 0 Å². The van der Waals surface area contributed by atoms with Crippen LogP contribution in [-0.2, 0) is 19.1 Å². The van der Waals surface area contributed by atoms with Crippen molar-refractivity contribution < 1.29 is 13.2 Å². The summed E-state index contributed by atoms with van der Waals surface area (Å²) in [5.41, 5.74) is 6.97. The van der Waals surface area contributed by atoms with Gasteiger partial charge < -0.3 is 11.1 Å². The van der Waals surface area contributed by atoms with Crippen LogP contribution in [0.3, 0.4) is 0 Å². The zero-order valence-corrected chi connectivity index (χ0v) is 11.7. The van der Waals surface area contributed by atoms with Gasteiger partial charge in [-0.3, -0.25) is 0 Å². The monoisotopic (exact) mass is 294 g/mol. The Morgan fingerprint density at radius 3 is 2.33 bits per heavy atom. The second kappa shape index (κ2) is 6.08. The molecular weight excluding hydrogens is 277 g/mol. The molecule has 0 aliphatic carbocycles. The lowest BCUT2D eigenvalue weighted by Gasteiger charge is -2.14. The molecule has 0 aliphatic heterocycles. The van der Waals surface area contributed by atoms with Crippen LogP contribution in [0.15, 0.2) is 42.5 Å². The van der Waals surface area contributed by atoms with E-state index in [1.54, 1.807) is 6.07 Å². The van der Waals surface area contributed by atoms with E-state index in [-0.39, 0.29) is 5.69 Å². The molecule has 2 nitrogen and oxygen atoms in total. The van der Waals surface area contributed by atoms with E-state index in [9.17, 15) is 13.2 Å². The Kier molecular flexibility index (Phi) is 4.40. The highest BCUT2D eigenvalue weighted by molar-refractivity contribution is 5.58. The molecule has 2 rings (SSSR count). The Labute approximate surface area is 121 Å². The van der Waals surface area contributed by atoms with Crippen molar-refractivity contribution in [3.63, 3.8) is 0 Å². The molecule has 0 fully saturated rings. The van der Waals surface area contributed by atoms with E-state index in [2.05, 4.69) is 5.32 Å². The fourth-order valence-corrected chi connectivity index (χ4v) is 2.18. The van der Waals surface area contributed by atoms with Gasteiger partial charge in [-0.15, -0.1) is 0 Å². The van der Waals surface area contributed by atoms with Crippen LogP contribution in [0.1, 0.15) is 23.6 Å². The fraction of sp³-hybridized carbons (Fsp3) is 0.250. The van der Waals surface area contributed by atoms with Crippen molar-refractivity contribution in [3.8, 4) is 0 Å². The molecule has 0 bridgehead atoms. The minimum Gasteiger partial charge on any atom is -0.398 e. The zero-order valence-electron chi connectivity index (χ0n) is 11.7. The summed E-state index contributed by atoms with van der Waals surface area (Å²) in [5, 5.41) is 3.02. The molecule has 112 valence electrons. The molecule has 2 aromatic rings. The molecule has 0 unspecified atom stereocenters. The van der Waals surface area contributed by atoms with Crippen LogP contribution in [0.25, 0.3) is 0 Å². The van der Waals surface area contributed by atoms with Crippen molar-refractivity contribution in [3.05, 3.63) is 59.2 Å². The van der Waals surface area contributed by atoms with Gasteiger partial charge in [-0.05, 0) is 35.7 Å². The third-order valence-corrected chi connectivity index (χ3v) is 3.34. The van der Waals surface area contributed by atoms with Crippen LogP contribution < -0.4 is 11.1 Å². The molecule has 0 saturated carbocycles. The van der Waals surface area contributed by atoms with Gasteiger partial charge in [0.25, 0.3) is 0 Å². The van der Waals surface area contributed by atoms with Gasteiger partial charge in [0, 0.05) is 17.9 Å². The molecular formula is C16H17F3N2. The van der Waals surface area contributed by atoms with E-state index in [0.717, 1.165) is 18.1 Å². The van der Waals surface area contributed by atoms with Crippen LogP contribution in [0.5, 0.6) is 0 Å². The maximum Gasteiger partial charge on any atom is 0.418 e. The summed E-state index contributed by atoms with van der Waals surface area (Å²) in [7, 11) is 0. The predicted octanol–water partition coefficient (Wildman–Crippen LogP) is 4.46. The Morgan fingerprint density at radius 2 is 1.71 bits per heavy atom. The fourth-order valence-electron chi connectivity index (χ4n) is 2.18. The number of hydrogen-bond acceptors (Lipinski definition) is 2. The SMILES string of the molecule is CCc1ccccc1CNc1ccc(N)c(C(F)(F)F)c1. The lowest BCUT2D eigenvalue weighted by atomic mass is 10.1. The quantitative estimate of drug-likeness (QED) is 0.817. The van der Waals surface area contributed by atoms with Crippen LogP contribution in [-0.4, -0.2) is 0 Å². The molecule has 0 saturated heterocycles. The van der Waals surface area contributed by atoms with E-state index < -0.39 is 11.7 Å². The summed E-state index contributed by atoms with van der Waals surface area (Å²) in [6.45, 7) is 2.52. The van der Waals surface area contributed by atoms with Gasteiger partial charge in [0.05, 0.1) is 5.56 Å². The summed E-state index contributed by atoms with van der Waals surface area (Å²) < 4.78 is 38.4. The van der Waals surface area contributed by atoms with E-state index in [1.165, 1.54) is 11.6 Å². The minimum absolute atomic E-state index is 0.262. The number of anilines is 2. The largest absolute Gasteiger partial charge is 0.418 e. The van der Waals surface area contributed by atoms with Gasteiger partial charge in [-0.2, -0.15) is 13.2 Å². The summed E-state index contributed by atoms with van der Waals surface area (Å²) in [5.74, 6) is 0. The average Bonchev–Trinajstić information content (AvgIpc) is 2.45. The Morgan fingerprint density at radius 1 is 1.05 bits per heavy atom. The zero-order chi connectivity index (χ0) is 15.5. The van der Waals surface area contributed by atoms with Crippen molar-refractivity contribution in [1.29, 1.82) is 0 Å². The van der Waals surface area contributed by atoms with Crippen molar-refractivity contribution in [2.75, 3.05) is 11.1 Å². The maximum absolute atomic E-state index is 12.8. The number of rotatable bonds is 4. The molecule has 0 amide bonds. The highest BCUT2D eigenvalue weighted by atomic mass is 19.4. The molecule has 0 aromatic heterocycles. The molecule has 0 heterocycles. The maximum atomic E-state index is 12.8. The second-order valence-electron chi connectivity index (χ2n) is 4.78. The third kappa shape index (κ3) is 3.68. The molecule has 0 spiro atoms. The molecule has 0 atom stereocenters. The molecule has 2 aromatic carbocycles. The summed E-state index contributed by atoms with van der Waals surface area (Å²) >= 11 is 0. The van der Waals surface area contributed by atoms with Crippen molar-refractivity contribution in [2.24, 2.45) is 0 Å².